The standard InChI is InChI=1S/C25H31N5O2S/c1-16-8-9-19-20(14-16)33-25-22(19)24(32)27-23(28-25)17(2)30-12-10-29(11-13-30)15-21(31)26-18-6-4-3-5-7-18/h3-7,16-17H,8-15H2,1-2H3,(H,26,31)(H,27,28,32). The van der Waals surface area contributed by atoms with E-state index >= 15 is 0 Å². The SMILES string of the molecule is CC1CCc2c(sc3nc(C(C)N4CCN(CC(=O)Nc5ccccc5)CC4)[nH]c(=O)c23)C1. The van der Waals surface area contributed by atoms with E-state index in [1.54, 1.807) is 11.3 Å². The number of carbonyl (C=O) groups excluding carboxylic acids is 1. The van der Waals surface area contributed by atoms with E-state index in [1.165, 1.54) is 10.4 Å². The molecule has 1 aliphatic heterocycles. The van der Waals surface area contributed by atoms with Crippen LogP contribution in [0, 0.1) is 5.92 Å². The highest BCUT2D eigenvalue weighted by Crippen LogP contribution is 2.36. The van der Waals surface area contributed by atoms with Gasteiger partial charge in [0, 0.05) is 36.7 Å². The fourth-order valence-electron chi connectivity index (χ4n) is 4.97. The summed E-state index contributed by atoms with van der Waals surface area (Å²) < 4.78 is 0. The molecule has 2 N–H and O–H groups in total. The number of amides is 1. The monoisotopic (exact) mass is 465 g/mol. The van der Waals surface area contributed by atoms with Gasteiger partial charge in [0.05, 0.1) is 18.0 Å². The van der Waals surface area contributed by atoms with Gasteiger partial charge in [0.1, 0.15) is 10.7 Å². The van der Waals surface area contributed by atoms with Crippen molar-refractivity contribution in [3.05, 3.63) is 57.0 Å². The fourth-order valence-corrected chi connectivity index (χ4v) is 6.36. The number of piperazine rings is 1. The molecule has 0 radical (unpaired) electrons. The number of nitrogens with zero attached hydrogens (tertiary/aromatic N) is 3. The summed E-state index contributed by atoms with van der Waals surface area (Å²) in [4.78, 5) is 40.1. The molecule has 8 heteroatoms. The van der Waals surface area contributed by atoms with Crippen LogP contribution < -0.4 is 10.9 Å². The van der Waals surface area contributed by atoms with Crippen LogP contribution in [0.5, 0.6) is 0 Å². The van der Waals surface area contributed by atoms with Crippen LogP contribution in [0.3, 0.4) is 0 Å². The van der Waals surface area contributed by atoms with Gasteiger partial charge in [0.25, 0.3) is 5.56 Å². The topological polar surface area (TPSA) is 81.3 Å². The third kappa shape index (κ3) is 4.74. The summed E-state index contributed by atoms with van der Waals surface area (Å²) in [7, 11) is 0. The molecule has 1 aromatic carbocycles. The average Bonchev–Trinajstić information content (AvgIpc) is 3.17. The van der Waals surface area contributed by atoms with Crippen molar-refractivity contribution in [3.63, 3.8) is 0 Å². The molecule has 2 aliphatic rings. The number of carbonyl (C=O) groups is 1. The molecular formula is C25H31N5O2S. The first-order valence-electron chi connectivity index (χ1n) is 11.8. The van der Waals surface area contributed by atoms with E-state index in [2.05, 4.69) is 33.9 Å². The second-order valence-corrected chi connectivity index (χ2v) is 10.5. The van der Waals surface area contributed by atoms with Crippen molar-refractivity contribution in [3.8, 4) is 0 Å². The Hall–Kier alpha value is -2.55. The fraction of sp³-hybridized carbons (Fsp3) is 0.480. The Labute approximate surface area is 197 Å². The smallest absolute Gasteiger partial charge is 0.259 e. The van der Waals surface area contributed by atoms with Gasteiger partial charge in [0.2, 0.25) is 5.91 Å². The highest BCUT2D eigenvalue weighted by molar-refractivity contribution is 7.18. The summed E-state index contributed by atoms with van der Waals surface area (Å²) in [5.41, 5.74) is 2.05. The molecule has 3 aromatic rings. The van der Waals surface area contributed by atoms with E-state index in [0.717, 1.165) is 67.2 Å². The predicted molar refractivity (Wildman–Crippen MR) is 133 cm³/mol. The number of para-hydroxylation sites is 1. The summed E-state index contributed by atoms with van der Waals surface area (Å²) in [6.45, 7) is 8.06. The Morgan fingerprint density at radius 3 is 2.76 bits per heavy atom. The first-order valence-corrected chi connectivity index (χ1v) is 12.7. The van der Waals surface area contributed by atoms with Crippen molar-refractivity contribution in [2.24, 2.45) is 5.92 Å². The molecule has 3 heterocycles. The highest BCUT2D eigenvalue weighted by Gasteiger charge is 2.27. The van der Waals surface area contributed by atoms with Crippen LogP contribution in [-0.2, 0) is 17.6 Å². The zero-order valence-corrected chi connectivity index (χ0v) is 20.1. The first-order chi connectivity index (χ1) is 16.0. The van der Waals surface area contributed by atoms with Crippen LogP contribution in [0.25, 0.3) is 10.2 Å². The van der Waals surface area contributed by atoms with Gasteiger partial charge in [-0.3, -0.25) is 19.4 Å². The van der Waals surface area contributed by atoms with Gasteiger partial charge < -0.3 is 10.3 Å². The number of nitrogens with one attached hydrogen (secondary N) is 2. The van der Waals surface area contributed by atoms with E-state index < -0.39 is 0 Å². The number of aryl methyl sites for hydroxylation is 1. The molecule has 1 saturated heterocycles. The van der Waals surface area contributed by atoms with Crippen molar-refractivity contribution in [2.45, 2.75) is 39.2 Å². The van der Waals surface area contributed by atoms with Crippen molar-refractivity contribution in [1.82, 2.24) is 19.8 Å². The summed E-state index contributed by atoms with van der Waals surface area (Å²) in [6.07, 6.45) is 3.18. The summed E-state index contributed by atoms with van der Waals surface area (Å²) in [6, 6.07) is 9.58. The number of aromatic amines is 1. The molecule has 2 atom stereocenters. The molecule has 0 saturated carbocycles. The van der Waals surface area contributed by atoms with E-state index in [1.807, 2.05) is 30.3 Å². The van der Waals surface area contributed by atoms with Gasteiger partial charge in [0.15, 0.2) is 0 Å². The minimum Gasteiger partial charge on any atom is -0.325 e. The second-order valence-electron chi connectivity index (χ2n) is 9.39. The van der Waals surface area contributed by atoms with Gasteiger partial charge in [-0.25, -0.2) is 4.98 Å². The number of benzene rings is 1. The van der Waals surface area contributed by atoms with Crippen LogP contribution >= 0.6 is 11.3 Å². The number of hydrogen-bond donors (Lipinski definition) is 2. The lowest BCUT2D eigenvalue weighted by molar-refractivity contribution is -0.117. The third-order valence-electron chi connectivity index (χ3n) is 6.96. The van der Waals surface area contributed by atoms with Gasteiger partial charge in [-0.15, -0.1) is 11.3 Å². The highest BCUT2D eigenvalue weighted by atomic mass is 32.1. The lowest BCUT2D eigenvalue weighted by atomic mass is 9.89. The molecule has 33 heavy (non-hydrogen) atoms. The van der Waals surface area contributed by atoms with Crippen molar-refractivity contribution in [2.75, 3.05) is 38.0 Å². The Morgan fingerprint density at radius 1 is 1.24 bits per heavy atom. The third-order valence-corrected chi connectivity index (χ3v) is 8.11. The lowest BCUT2D eigenvalue weighted by Gasteiger charge is -2.37. The molecule has 1 aliphatic carbocycles. The average molecular weight is 466 g/mol. The maximum atomic E-state index is 13.0. The van der Waals surface area contributed by atoms with E-state index in [4.69, 9.17) is 4.98 Å². The predicted octanol–water partition coefficient (Wildman–Crippen LogP) is 3.43. The number of anilines is 1. The van der Waals surface area contributed by atoms with Gasteiger partial charge in [-0.2, -0.15) is 0 Å². The number of hydrogen-bond acceptors (Lipinski definition) is 6. The van der Waals surface area contributed by atoms with Crippen molar-refractivity contribution < 1.29 is 4.79 Å². The molecular weight excluding hydrogens is 434 g/mol. The molecule has 5 rings (SSSR count). The quantitative estimate of drug-likeness (QED) is 0.603. The van der Waals surface area contributed by atoms with Crippen LogP contribution in [0.15, 0.2) is 35.1 Å². The van der Waals surface area contributed by atoms with E-state index in [-0.39, 0.29) is 17.5 Å². The van der Waals surface area contributed by atoms with Crippen LogP contribution in [-0.4, -0.2) is 58.4 Å². The van der Waals surface area contributed by atoms with E-state index in [0.29, 0.717) is 12.5 Å². The summed E-state index contributed by atoms with van der Waals surface area (Å²) in [5.74, 6) is 1.43. The zero-order valence-electron chi connectivity index (χ0n) is 19.3. The number of H-pyrrole nitrogens is 1. The molecule has 2 aromatic heterocycles. The largest absolute Gasteiger partial charge is 0.325 e. The molecule has 7 nitrogen and oxygen atoms in total. The number of aromatic nitrogens is 2. The zero-order chi connectivity index (χ0) is 22.9. The number of thiophene rings is 1. The molecule has 2 unspecified atom stereocenters. The van der Waals surface area contributed by atoms with Crippen LogP contribution in [0.1, 0.15) is 42.6 Å². The molecule has 174 valence electrons. The van der Waals surface area contributed by atoms with Gasteiger partial charge in [-0.05, 0) is 49.8 Å². The Morgan fingerprint density at radius 2 is 2.00 bits per heavy atom. The minimum atomic E-state index is 0.00474. The van der Waals surface area contributed by atoms with E-state index in [9.17, 15) is 9.59 Å². The molecule has 0 spiro atoms. The van der Waals surface area contributed by atoms with Gasteiger partial charge in [-0.1, -0.05) is 25.1 Å². The molecule has 1 fully saturated rings. The summed E-state index contributed by atoms with van der Waals surface area (Å²) >= 11 is 1.70. The Kier molecular flexibility index (Phi) is 6.32. The van der Waals surface area contributed by atoms with Crippen molar-refractivity contribution >= 4 is 33.1 Å². The summed E-state index contributed by atoms with van der Waals surface area (Å²) in [5, 5.41) is 3.76. The van der Waals surface area contributed by atoms with Gasteiger partial charge >= 0.3 is 0 Å². The van der Waals surface area contributed by atoms with Crippen molar-refractivity contribution in [1.29, 1.82) is 0 Å². The minimum absolute atomic E-state index is 0.00474. The Bertz CT molecular complexity index is 1200. The first kappa shape index (κ1) is 22.3. The van der Waals surface area contributed by atoms with Crippen LogP contribution in [0.2, 0.25) is 0 Å². The molecule has 1 amide bonds. The number of rotatable bonds is 5. The van der Waals surface area contributed by atoms with Crippen LogP contribution in [0.4, 0.5) is 5.69 Å². The maximum Gasteiger partial charge on any atom is 0.259 e. The maximum absolute atomic E-state index is 13.0. The lowest BCUT2D eigenvalue weighted by Crippen LogP contribution is -2.49. The Balaban J connectivity index is 1.22. The molecule has 0 bridgehead atoms. The second kappa shape index (κ2) is 9.37. The normalized spacial score (nSPS) is 20.5. The number of fused-ring (bicyclic) bond motifs is 3.